The number of benzene rings is 2. The van der Waals surface area contributed by atoms with Crippen molar-refractivity contribution >= 4 is 11.9 Å². The van der Waals surface area contributed by atoms with Gasteiger partial charge in [-0.25, -0.2) is 4.79 Å². The molecule has 2 N–H and O–H groups in total. The average molecular weight is 269 g/mol. The van der Waals surface area contributed by atoms with Gasteiger partial charge in [0.1, 0.15) is 5.75 Å². The third-order valence-electron chi connectivity index (χ3n) is 2.81. The molecule has 102 valence electrons. The van der Waals surface area contributed by atoms with E-state index in [9.17, 15) is 9.59 Å². The van der Waals surface area contributed by atoms with E-state index >= 15 is 0 Å². The molecule has 20 heavy (non-hydrogen) atoms. The van der Waals surface area contributed by atoms with Crippen LogP contribution in [0.1, 0.15) is 31.8 Å². The topological polar surface area (TPSA) is 69.4 Å². The lowest BCUT2D eigenvalue weighted by Crippen LogP contribution is -2.11. The average Bonchev–Trinajstić information content (AvgIpc) is 2.38. The fraction of sp³-hybridized carbons (Fsp3) is 0.125. The first-order chi connectivity index (χ1) is 9.45. The van der Waals surface area contributed by atoms with E-state index in [-0.39, 0.29) is 0 Å². The number of primary amides is 1. The molecule has 0 aliphatic heterocycles. The molecule has 0 heterocycles. The minimum Gasteiger partial charge on any atom is -0.423 e. The Hall–Kier alpha value is -2.62. The van der Waals surface area contributed by atoms with E-state index in [1.54, 1.807) is 24.3 Å². The number of ether oxygens (including phenoxy) is 1. The van der Waals surface area contributed by atoms with Crippen molar-refractivity contribution in [2.24, 2.45) is 5.73 Å². The highest BCUT2D eigenvalue weighted by molar-refractivity contribution is 5.93. The van der Waals surface area contributed by atoms with Crippen molar-refractivity contribution in [3.63, 3.8) is 0 Å². The summed E-state index contributed by atoms with van der Waals surface area (Å²) in [7, 11) is 0. The van der Waals surface area contributed by atoms with Gasteiger partial charge in [0.25, 0.3) is 0 Å². The molecule has 2 aromatic rings. The van der Waals surface area contributed by atoms with Crippen LogP contribution in [0.2, 0.25) is 0 Å². The van der Waals surface area contributed by atoms with Gasteiger partial charge in [-0.2, -0.15) is 0 Å². The Balaban J connectivity index is 2.16. The fourth-order valence-corrected chi connectivity index (χ4v) is 1.95. The third kappa shape index (κ3) is 3.23. The third-order valence-corrected chi connectivity index (χ3v) is 2.81. The summed E-state index contributed by atoms with van der Waals surface area (Å²) < 4.78 is 5.25. The molecule has 0 radical (unpaired) electrons. The van der Waals surface area contributed by atoms with Gasteiger partial charge in [0.15, 0.2) is 0 Å². The van der Waals surface area contributed by atoms with Crippen LogP contribution in [0.4, 0.5) is 0 Å². The highest BCUT2D eigenvalue weighted by atomic mass is 16.5. The zero-order chi connectivity index (χ0) is 14.7. The number of rotatable bonds is 3. The minimum absolute atomic E-state index is 0.371. The van der Waals surface area contributed by atoms with E-state index in [1.807, 2.05) is 19.9 Å². The minimum atomic E-state index is -0.516. The Bertz CT molecular complexity index is 640. The van der Waals surface area contributed by atoms with Crippen LogP contribution in [0.15, 0.2) is 42.5 Å². The van der Waals surface area contributed by atoms with E-state index < -0.39 is 11.9 Å². The molecule has 0 unspecified atom stereocenters. The number of hydrogen-bond donors (Lipinski definition) is 1. The Labute approximate surface area is 117 Å². The molecular weight excluding hydrogens is 254 g/mol. The molecule has 0 atom stereocenters. The largest absolute Gasteiger partial charge is 0.423 e. The normalized spacial score (nSPS) is 10.1. The van der Waals surface area contributed by atoms with Crippen molar-refractivity contribution in [1.82, 2.24) is 0 Å². The first-order valence-corrected chi connectivity index (χ1v) is 6.16. The number of amides is 1. The van der Waals surface area contributed by atoms with Gasteiger partial charge in [0.2, 0.25) is 5.91 Å². The molecule has 0 aliphatic carbocycles. The lowest BCUT2D eigenvalue weighted by atomic mass is 10.1. The number of hydrogen-bond acceptors (Lipinski definition) is 3. The van der Waals surface area contributed by atoms with Crippen molar-refractivity contribution < 1.29 is 14.3 Å². The lowest BCUT2D eigenvalue weighted by molar-refractivity contribution is 0.0734. The SMILES string of the molecule is Cc1cc(C)cc(C(=O)Oc2ccc(C(N)=O)cc2)c1. The predicted octanol–water partition coefficient (Wildman–Crippen LogP) is 2.62. The zero-order valence-electron chi connectivity index (χ0n) is 11.3. The summed E-state index contributed by atoms with van der Waals surface area (Å²) in [5.74, 6) is -0.569. The van der Waals surface area contributed by atoms with Crippen molar-refractivity contribution in [3.8, 4) is 5.75 Å². The van der Waals surface area contributed by atoms with Gasteiger partial charge in [-0.15, -0.1) is 0 Å². The number of esters is 1. The van der Waals surface area contributed by atoms with Crippen LogP contribution < -0.4 is 10.5 Å². The lowest BCUT2D eigenvalue weighted by Gasteiger charge is -2.06. The van der Waals surface area contributed by atoms with Crippen LogP contribution >= 0.6 is 0 Å². The Morgan fingerprint density at radius 1 is 0.900 bits per heavy atom. The van der Waals surface area contributed by atoms with Crippen LogP contribution in [0.25, 0.3) is 0 Å². The van der Waals surface area contributed by atoms with Gasteiger partial charge < -0.3 is 10.5 Å². The maximum absolute atomic E-state index is 12.0. The molecule has 0 fully saturated rings. The second-order valence-corrected chi connectivity index (χ2v) is 4.65. The number of nitrogens with two attached hydrogens (primary N) is 1. The maximum Gasteiger partial charge on any atom is 0.343 e. The second kappa shape index (κ2) is 5.57. The summed E-state index contributed by atoms with van der Waals surface area (Å²) >= 11 is 0. The highest BCUT2D eigenvalue weighted by Crippen LogP contribution is 2.15. The van der Waals surface area contributed by atoms with Crippen molar-refractivity contribution in [3.05, 3.63) is 64.7 Å². The summed E-state index contributed by atoms with van der Waals surface area (Å²) in [5.41, 5.74) is 8.02. The van der Waals surface area contributed by atoms with E-state index in [0.29, 0.717) is 16.9 Å². The fourth-order valence-electron chi connectivity index (χ4n) is 1.95. The Morgan fingerprint density at radius 2 is 1.45 bits per heavy atom. The Kier molecular flexibility index (Phi) is 3.84. The second-order valence-electron chi connectivity index (χ2n) is 4.65. The van der Waals surface area contributed by atoms with Gasteiger partial charge in [0, 0.05) is 5.56 Å². The number of carbonyl (C=O) groups excluding carboxylic acids is 2. The van der Waals surface area contributed by atoms with Crippen molar-refractivity contribution in [2.75, 3.05) is 0 Å². The molecule has 0 saturated heterocycles. The van der Waals surface area contributed by atoms with E-state index in [1.165, 1.54) is 12.1 Å². The van der Waals surface area contributed by atoms with Crippen LogP contribution in [-0.4, -0.2) is 11.9 Å². The molecule has 1 amide bonds. The first-order valence-electron chi connectivity index (χ1n) is 6.16. The summed E-state index contributed by atoms with van der Waals surface area (Å²) in [5, 5.41) is 0. The molecular formula is C16H15NO3. The predicted molar refractivity (Wildman–Crippen MR) is 75.8 cm³/mol. The molecule has 0 aliphatic rings. The van der Waals surface area contributed by atoms with Gasteiger partial charge in [-0.3, -0.25) is 4.79 Å². The highest BCUT2D eigenvalue weighted by Gasteiger charge is 2.10. The molecule has 0 bridgehead atoms. The zero-order valence-corrected chi connectivity index (χ0v) is 11.3. The summed E-state index contributed by atoms with van der Waals surface area (Å²) in [6.07, 6.45) is 0. The summed E-state index contributed by atoms with van der Waals surface area (Å²) in [4.78, 5) is 23.0. The van der Waals surface area contributed by atoms with Crippen LogP contribution in [0, 0.1) is 13.8 Å². The maximum atomic E-state index is 12.0. The van der Waals surface area contributed by atoms with E-state index in [0.717, 1.165) is 11.1 Å². The monoisotopic (exact) mass is 269 g/mol. The van der Waals surface area contributed by atoms with Gasteiger partial charge >= 0.3 is 5.97 Å². The van der Waals surface area contributed by atoms with Crippen LogP contribution in [0.5, 0.6) is 5.75 Å². The smallest absolute Gasteiger partial charge is 0.343 e. The summed E-state index contributed by atoms with van der Waals surface area (Å²) in [6.45, 7) is 3.84. The first kappa shape index (κ1) is 13.8. The van der Waals surface area contributed by atoms with E-state index in [2.05, 4.69) is 0 Å². The van der Waals surface area contributed by atoms with Crippen molar-refractivity contribution in [1.29, 1.82) is 0 Å². The van der Waals surface area contributed by atoms with Crippen molar-refractivity contribution in [2.45, 2.75) is 13.8 Å². The Morgan fingerprint density at radius 3 is 1.95 bits per heavy atom. The van der Waals surface area contributed by atoms with Crippen LogP contribution in [-0.2, 0) is 0 Å². The molecule has 0 aromatic heterocycles. The van der Waals surface area contributed by atoms with Gasteiger partial charge in [-0.05, 0) is 50.2 Å². The van der Waals surface area contributed by atoms with Gasteiger partial charge in [0.05, 0.1) is 5.56 Å². The summed E-state index contributed by atoms with van der Waals surface area (Å²) in [6, 6.07) is 11.7. The number of carbonyl (C=O) groups is 2. The molecule has 0 saturated carbocycles. The quantitative estimate of drug-likeness (QED) is 0.688. The molecule has 2 rings (SSSR count). The standard InChI is InChI=1S/C16H15NO3/c1-10-7-11(2)9-13(8-10)16(19)20-14-5-3-12(4-6-14)15(17)18/h3-9H,1-2H3,(H2,17,18). The van der Waals surface area contributed by atoms with Crippen LogP contribution in [0.3, 0.4) is 0 Å². The molecule has 4 heteroatoms. The van der Waals surface area contributed by atoms with Gasteiger partial charge in [-0.1, -0.05) is 17.2 Å². The molecule has 4 nitrogen and oxygen atoms in total. The molecule has 2 aromatic carbocycles. The van der Waals surface area contributed by atoms with E-state index in [4.69, 9.17) is 10.5 Å². The molecule has 0 spiro atoms. The number of aryl methyl sites for hydroxylation is 2.